The molecule has 4 nitrogen and oxygen atoms in total. The van der Waals surface area contributed by atoms with Gasteiger partial charge in [0.15, 0.2) is 0 Å². The second kappa shape index (κ2) is 10.4. The maximum Gasteiger partial charge on any atom is 0.220 e. The lowest BCUT2D eigenvalue weighted by atomic mass is 10.0. The first-order valence-electron chi connectivity index (χ1n) is 7.73. The number of hydrogen-bond acceptors (Lipinski definition) is 3. The van der Waals surface area contributed by atoms with Crippen LogP contribution in [0.15, 0.2) is 33.6 Å². The molecule has 1 saturated carbocycles. The lowest BCUT2D eigenvalue weighted by Crippen LogP contribution is -2.39. The number of nitrogens with two attached hydrogens (primary N) is 1. The van der Waals surface area contributed by atoms with Crippen molar-refractivity contribution in [2.24, 2.45) is 11.7 Å². The summed E-state index contributed by atoms with van der Waals surface area (Å²) in [5.41, 5.74) is 5.72. The monoisotopic (exact) mass is 422 g/mol. The molecule has 7 heteroatoms. The van der Waals surface area contributed by atoms with Crippen LogP contribution in [0.25, 0.3) is 0 Å². The van der Waals surface area contributed by atoms with Crippen molar-refractivity contribution < 1.29 is 9.00 Å². The summed E-state index contributed by atoms with van der Waals surface area (Å²) in [4.78, 5) is 12.8. The molecule has 1 fully saturated rings. The van der Waals surface area contributed by atoms with Crippen molar-refractivity contribution in [1.29, 1.82) is 0 Å². The number of carbonyl (C=O) groups is 1. The average molecular weight is 424 g/mol. The van der Waals surface area contributed by atoms with Gasteiger partial charge in [-0.25, -0.2) is 0 Å². The van der Waals surface area contributed by atoms with E-state index < -0.39 is 10.8 Å². The van der Waals surface area contributed by atoms with Crippen molar-refractivity contribution in [3.8, 4) is 0 Å². The summed E-state index contributed by atoms with van der Waals surface area (Å²) in [6, 6.07) is 7.70. The van der Waals surface area contributed by atoms with Crippen LogP contribution < -0.4 is 11.1 Å². The number of carbonyl (C=O) groups excluding carboxylic acids is 1. The number of hydrogen-bond donors (Lipinski definition) is 2. The minimum atomic E-state index is -1.04. The topological polar surface area (TPSA) is 72.2 Å². The van der Waals surface area contributed by atoms with Crippen LogP contribution in [0.4, 0.5) is 0 Å². The van der Waals surface area contributed by atoms with Crippen LogP contribution in [-0.2, 0) is 15.6 Å². The van der Waals surface area contributed by atoms with Crippen molar-refractivity contribution in [2.75, 3.05) is 12.3 Å². The van der Waals surface area contributed by atoms with E-state index in [9.17, 15) is 9.00 Å². The second-order valence-electron chi connectivity index (χ2n) is 5.71. The highest BCUT2D eigenvalue weighted by Crippen LogP contribution is 2.24. The van der Waals surface area contributed by atoms with Gasteiger partial charge in [-0.1, -0.05) is 22.4 Å². The van der Waals surface area contributed by atoms with Gasteiger partial charge in [-0.3, -0.25) is 9.00 Å². The molecule has 0 spiro atoms. The molecule has 0 aliphatic heterocycles. The fraction of sp³-hybridized carbons (Fsp3) is 0.562. The highest BCUT2D eigenvalue weighted by atomic mass is 79.9. The third kappa shape index (κ3) is 6.53. The lowest BCUT2D eigenvalue weighted by molar-refractivity contribution is -0.122. The maximum absolute atomic E-state index is 12.1. The zero-order valence-corrected chi connectivity index (χ0v) is 16.2. The Hall–Kier alpha value is -0.430. The first-order chi connectivity index (χ1) is 10.6. The SMILES string of the molecule is Cl.NCC1CCCC1NC(=O)CCCS(=O)c1ccc(Br)cc1. The van der Waals surface area contributed by atoms with E-state index >= 15 is 0 Å². The molecule has 1 aliphatic carbocycles. The molecule has 3 N–H and O–H groups in total. The molecular weight excluding hydrogens is 400 g/mol. The van der Waals surface area contributed by atoms with E-state index in [0.717, 1.165) is 28.6 Å². The van der Waals surface area contributed by atoms with Crippen molar-refractivity contribution in [3.63, 3.8) is 0 Å². The van der Waals surface area contributed by atoms with Crippen LogP contribution in [-0.4, -0.2) is 28.5 Å². The number of amides is 1. The maximum atomic E-state index is 12.1. The summed E-state index contributed by atoms with van der Waals surface area (Å²) >= 11 is 3.36. The van der Waals surface area contributed by atoms with E-state index in [1.54, 1.807) is 0 Å². The van der Waals surface area contributed by atoms with Gasteiger partial charge in [0, 0.05) is 27.6 Å². The molecule has 0 saturated heterocycles. The first kappa shape index (κ1) is 20.6. The number of nitrogens with one attached hydrogen (secondary N) is 1. The van der Waals surface area contributed by atoms with Crippen LogP contribution >= 0.6 is 28.3 Å². The van der Waals surface area contributed by atoms with Gasteiger partial charge in [0.25, 0.3) is 0 Å². The number of rotatable bonds is 7. The van der Waals surface area contributed by atoms with Crippen molar-refractivity contribution in [3.05, 3.63) is 28.7 Å². The van der Waals surface area contributed by atoms with Crippen LogP contribution in [0.5, 0.6) is 0 Å². The van der Waals surface area contributed by atoms with Crippen molar-refractivity contribution >= 4 is 45.0 Å². The highest BCUT2D eigenvalue weighted by Gasteiger charge is 2.27. The second-order valence-corrected chi connectivity index (χ2v) is 8.19. The lowest BCUT2D eigenvalue weighted by Gasteiger charge is -2.19. The van der Waals surface area contributed by atoms with Crippen LogP contribution in [0.3, 0.4) is 0 Å². The van der Waals surface area contributed by atoms with Crippen LogP contribution in [0.2, 0.25) is 0 Å². The van der Waals surface area contributed by atoms with E-state index in [2.05, 4.69) is 21.2 Å². The predicted octanol–water partition coefficient (Wildman–Crippen LogP) is 3.00. The number of halogens is 2. The third-order valence-corrected chi connectivity index (χ3v) is 6.10. The summed E-state index contributed by atoms with van der Waals surface area (Å²) in [5, 5.41) is 3.08. The average Bonchev–Trinajstić information content (AvgIpc) is 2.95. The molecule has 1 aliphatic rings. The van der Waals surface area contributed by atoms with Crippen LogP contribution in [0, 0.1) is 5.92 Å². The zero-order valence-electron chi connectivity index (χ0n) is 13.0. The van der Waals surface area contributed by atoms with E-state index in [0.29, 0.717) is 31.1 Å². The highest BCUT2D eigenvalue weighted by molar-refractivity contribution is 9.10. The van der Waals surface area contributed by atoms with Gasteiger partial charge in [-0.2, -0.15) is 0 Å². The Bertz CT molecular complexity index is 527. The van der Waals surface area contributed by atoms with E-state index in [-0.39, 0.29) is 24.4 Å². The Morgan fingerprint density at radius 2 is 2.00 bits per heavy atom. The Morgan fingerprint density at radius 1 is 1.30 bits per heavy atom. The largest absolute Gasteiger partial charge is 0.353 e. The van der Waals surface area contributed by atoms with Crippen LogP contribution in [0.1, 0.15) is 32.1 Å². The Balaban J connectivity index is 0.00000264. The van der Waals surface area contributed by atoms with Gasteiger partial charge in [0.05, 0.1) is 10.8 Å². The molecule has 1 aromatic rings. The fourth-order valence-corrected chi connectivity index (χ4v) is 4.20. The molecular formula is C16H24BrClN2O2S. The molecule has 1 amide bonds. The van der Waals surface area contributed by atoms with Crippen molar-refractivity contribution in [2.45, 2.75) is 43.0 Å². The normalized spacial score (nSPS) is 21.5. The molecule has 1 aromatic carbocycles. The molecule has 3 atom stereocenters. The van der Waals surface area contributed by atoms with E-state index in [1.807, 2.05) is 24.3 Å². The summed E-state index contributed by atoms with van der Waals surface area (Å²) in [5.74, 6) is 0.985. The summed E-state index contributed by atoms with van der Waals surface area (Å²) in [7, 11) is -1.04. The molecule has 0 heterocycles. The van der Waals surface area contributed by atoms with Gasteiger partial charge in [-0.15, -0.1) is 12.4 Å². The molecule has 23 heavy (non-hydrogen) atoms. The summed E-state index contributed by atoms with van der Waals surface area (Å²) < 4.78 is 13.1. The smallest absolute Gasteiger partial charge is 0.220 e. The third-order valence-electron chi connectivity index (χ3n) is 4.12. The minimum Gasteiger partial charge on any atom is -0.353 e. The molecule has 3 unspecified atom stereocenters. The quantitative estimate of drug-likeness (QED) is 0.708. The standard InChI is InChI=1S/C16H23BrN2O2S.ClH/c17-13-6-8-14(9-7-13)22(21)10-2-5-16(20)19-15-4-1-3-12(15)11-18;/h6-9,12,15H,1-5,10-11,18H2,(H,19,20);1H. The zero-order chi connectivity index (χ0) is 15.9. The Kier molecular flexibility index (Phi) is 9.36. The fourth-order valence-electron chi connectivity index (χ4n) is 2.86. The summed E-state index contributed by atoms with van der Waals surface area (Å²) in [6.07, 6.45) is 4.33. The molecule has 2 rings (SSSR count). The molecule has 130 valence electrons. The molecule has 0 bridgehead atoms. The Labute approximate surface area is 155 Å². The van der Waals surface area contributed by atoms with Gasteiger partial charge in [0.2, 0.25) is 5.91 Å². The summed E-state index contributed by atoms with van der Waals surface area (Å²) in [6.45, 7) is 0.637. The van der Waals surface area contributed by atoms with E-state index in [4.69, 9.17) is 5.73 Å². The predicted molar refractivity (Wildman–Crippen MR) is 100 cm³/mol. The Morgan fingerprint density at radius 3 is 2.65 bits per heavy atom. The van der Waals surface area contributed by atoms with E-state index in [1.165, 1.54) is 0 Å². The van der Waals surface area contributed by atoms with Gasteiger partial charge in [0.1, 0.15) is 0 Å². The van der Waals surface area contributed by atoms with Gasteiger partial charge >= 0.3 is 0 Å². The minimum absolute atomic E-state index is 0. The first-order valence-corrected chi connectivity index (χ1v) is 9.84. The van der Waals surface area contributed by atoms with Gasteiger partial charge in [-0.05, 0) is 56.0 Å². The molecule has 0 aromatic heterocycles. The van der Waals surface area contributed by atoms with Crippen molar-refractivity contribution in [1.82, 2.24) is 5.32 Å². The molecule has 0 radical (unpaired) electrons. The van der Waals surface area contributed by atoms with Gasteiger partial charge < -0.3 is 11.1 Å². The number of benzene rings is 1.